The summed E-state index contributed by atoms with van der Waals surface area (Å²) in [7, 11) is -3.03. The molecule has 1 aliphatic rings. The molecule has 1 aliphatic heterocycles. The average molecular weight is 514 g/mol. The number of imide groups is 1. The fraction of sp³-hybridized carbons (Fsp3) is 0.290. The van der Waals surface area contributed by atoms with Crippen LogP contribution in [0.4, 0.5) is 4.79 Å². The fourth-order valence-corrected chi connectivity index (χ4v) is 9.82. The van der Waals surface area contributed by atoms with Gasteiger partial charge in [-0.3, -0.25) is 4.79 Å². The molecule has 192 valence electrons. The number of carbonyl (C=O) groups is 2. The normalized spacial score (nSPS) is 16.8. The summed E-state index contributed by atoms with van der Waals surface area (Å²) in [4.78, 5) is 28.2. The predicted molar refractivity (Wildman–Crippen MR) is 149 cm³/mol. The molecule has 1 fully saturated rings. The number of nitrogens with zero attached hydrogens (tertiary/aromatic N) is 1. The molecule has 0 saturated carbocycles. The SMILES string of the molecule is C=CC[C@@H](O[Si](c1ccccc1)(c1ccccc1)C(C)(C)C)C(=O)N1C(=O)OC[C@@H]1Cc1ccccc1. The first-order valence-corrected chi connectivity index (χ1v) is 14.6. The molecule has 1 saturated heterocycles. The van der Waals surface area contributed by atoms with E-state index in [1.165, 1.54) is 4.90 Å². The van der Waals surface area contributed by atoms with Crippen molar-refractivity contribution in [3.05, 3.63) is 109 Å². The fourth-order valence-electron chi connectivity index (χ4n) is 5.18. The Bertz CT molecular complexity index is 1170. The van der Waals surface area contributed by atoms with E-state index in [-0.39, 0.29) is 24.0 Å². The third kappa shape index (κ3) is 5.45. The number of amides is 2. The zero-order valence-corrected chi connectivity index (χ0v) is 22.8. The van der Waals surface area contributed by atoms with E-state index in [2.05, 4.69) is 51.6 Å². The summed E-state index contributed by atoms with van der Waals surface area (Å²) in [6.07, 6.45) is 0.996. The van der Waals surface area contributed by atoms with Crippen LogP contribution in [-0.2, 0) is 20.4 Å². The largest absolute Gasteiger partial charge is 0.447 e. The van der Waals surface area contributed by atoms with Gasteiger partial charge in [0.1, 0.15) is 12.7 Å². The second kappa shape index (κ2) is 11.3. The van der Waals surface area contributed by atoms with Gasteiger partial charge in [-0.2, -0.15) is 0 Å². The summed E-state index contributed by atoms with van der Waals surface area (Å²) in [6.45, 7) is 10.6. The Morgan fingerprint density at radius 1 is 1.00 bits per heavy atom. The van der Waals surface area contributed by atoms with Crippen LogP contribution in [0.5, 0.6) is 0 Å². The molecule has 4 rings (SSSR count). The molecule has 0 spiro atoms. The third-order valence-corrected chi connectivity index (χ3v) is 11.9. The van der Waals surface area contributed by atoms with E-state index in [1.54, 1.807) is 6.08 Å². The van der Waals surface area contributed by atoms with E-state index in [4.69, 9.17) is 9.16 Å². The molecule has 0 aliphatic carbocycles. The minimum atomic E-state index is -3.03. The quantitative estimate of drug-likeness (QED) is 0.295. The van der Waals surface area contributed by atoms with Crippen molar-refractivity contribution in [3.63, 3.8) is 0 Å². The van der Waals surface area contributed by atoms with Crippen LogP contribution in [0.2, 0.25) is 5.04 Å². The van der Waals surface area contributed by atoms with Gasteiger partial charge in [0, 0.05) is 0 Å². The Labute approximate surface area is 220 Å². The maximum Gasteiger partial charge on any atom is 0.417 e. The minimum absolute atomic E-state index is 0.166. The van der Waals surface area contributed by atoms with Gasteiger partial charge in [-0.25, -0.2) is 9.69 Å². The Balaban J connectivity index is 1.76. The molecule has 0 radical (unpaired) electrons. The van der Waals surface area contributed by atoms with Crippen molar-refractivity contribution in [2.24, 2.45) is 0 Å². The molecule has 2 amide bonds. The van der Waals surface area contributed by atoms with Crippen molar-refractivity contribution in [1.82, 2.24) is 4.90 Å². The van der Waals surface area contributed by atoms with E-state index < -0.39 is 26.6 Å². The highest BCUT2D eigenvalue weighted by Crippen LogP contribution is 2.38. The van der Waals surface area contributed by atoms with Crippen molar-refractivity contribution < 1.29 is 18.8 Å². The molecule has 5 nitrogen and oxygen atoms in total. The van der Waals surface area contributed by atoms with Gasteiger partial charge in [0.2, 0.25) is 0 Å². The lowest BCUT2D eigenvalue weighted by atomic mass is 10.1. The number of cyclic esters (lactones) is 1. The van der Waals surface area contributed by atoms with Crippen LogP contribution >= 0.6 is 0 Å². The summed E-state index contributed by atoms with van der Waals surface area (Å²) < 4.78 is 12.5. The molecule has 6 heteroatoms. The van der Waals surface area contributed by atoms with E-state index in [9.17, 15) is 9.59 Å². The molecule has 3 aromatic carbocycles. The average Bonchev–Trinajstić information content (AvgIpc) is 3.26. The van der Waals surface area contributed by atoms with Gasteiger partial charge in [-0.05, 0) is 33.8 Å². The third-order valence-electron chi connectivity index (χ3n) is 6.90. The highest BCUT2D eigenvalue weighted by Gasteiger charge is 2.53. The molecule has 2 atom stereocenters. The lowest BCUT2D eigenvalue weighted by molar-refractivity contribution is -0.136. The van der Waals surface area contributed by atoms with Gasteiger partial charge in [-0.1, -0.05) is 118 Å². The van der Waals surface area contributed by atoms with Crippen molar-refractivity contribution in [2.75, 3.05) is 6.61 Å². The van der Waals surface area contributed by atoms with Crippen LogP contribution in [0.15, 0.2) is 104 Å². The smallest absolute Gasteiger partial charge is 0.417 e. The number of carbonyl (C=O) groups excluding carboxylic acids is 2. The summed E-state index contributed by atoms with van der Waals surface area (Å²) in [5.41, 5.74) is 1.04. The highest BCUT2D eigenvalue weighted by atomic mass is 28.4. The first-order valence-electron chi connectivity index (χ1n) is 12.7. The molecule has 3 aromatic rings. The lowest BCUT2D eigenvalue weighted by Crippen LogP contribution is -2.68. The second-order valence-corrected chi connectivity index (χ2v) is 14.7. The molecule has 1 heterocycles. The Kier molecular flexibility index (Phi) is 8.10. The Morgan fingerprint density at radius 3 is 2.00 bits per heavy atom. The maximum atomic E-state index is 14.1. The number of benzene rings is 3. The summed E-state index contributed by atoms with van der Waals surface area (Å²) in [5.74, 6) is -0.378. The van der Waals surface area contributed by atoms with Crippen molar-refractivity contribution in [1.29, 1.82) is 0 Å². The number of hydrogen-bond acceptors (Lipinski definition) is 4. The van der Waals surface area contributed by atoms with Gasteiger partial charge in [0.25, 0.3) is 14.2 Å². The zero-order valence-electron chi connectivity index (χ0n) is 21.8. The van der Waals surface area contributed by atoms with Crippen molar-refractivity contribution in [3.8, 4) is 0 Å². The highest BCUT2D eigenvalue weighted by molar-refractivity contribution is 6.99. The van der Waals surface area contributed by atoms with Crippen molar-refractivity contribution >= 4 is 30.7 Å². The molecular formula is C31H35NO4Si. The Hall–Kier alpha value is -3.48. The molecule has 0 N–H and O–H groups in total. The minimum Gasteiger partial charge on any atom is -0.447 e. The van der Waals surface area contributed by atoms with Gasteiger partial charge in [0.05, 0.1) is 6.04 Å². The zero-order chi connectivity index (χ0) is 26.5. The Morgan fingerprint density at radius 2 is 1.51 bits per heavy atom. The van der Waals surface area contributed by atoms with Gasteiger partial charge < -0.3 is 9.16 Å². The molecular weight excluding hydrogens is 478 g/mol. The topological polar surface area (TPSA) is 55.8 Å². The van der Waals surface area contributed by atoms with Crippen LogP contribution in [0, 0.1) is 0 Å². The van der Waals surface area contributed by atoms with Crippen LogP contribution in [0.25, 0.3) is 0 Å². The summed E-state index contributed by atoms with van der Waals surface area (Å²) in [5, 5.41) is 1.82. The number of hydrogen-bond donors (Lipinski definition) is 0. The monoisotopic (exact) mass is 513 g/mol. The number of rotatable bonds is 9. The van der Waals surface area contributed by atoms with Crippen LogP contribution < -0.4 is 10.4 Å². The van der Waals surface area contributed by atoms with Crippen LogP contribution in [0.3, 0.4) is 0 Å². The van der Waals surface area contributed by atoms with Gasteiger partial charge in [-0.15, -0.1) is 6.58 Å². The van der Waals surface area contributed by atoms with Crippen LogP contribution in [-0.4, -0.2) is 44.0 Å². The van der Waals surface area contributed by atoms with Crippen LogP contribution in [0.1, 0.15) is 32.8 Å². The van der Waals surface area contributed by atoms with E-state index in [1.807, 2.05) is 66.7 Å². The molecule has 0 bridgehead atoms. The van der Waals surface area contributed by atoms with Gasteiger partial charge >= 0.3 is 6.09 Å². The van der Waals surface area contributed by atoms with E-state index >= 15 is 0 Å². The summed E-state index contributed by atoms with van der Waals surface area (Å²) in [6, 6.07) is 29.8. The maximum absolute atomic E-state index is 14.1. The molecule has 37 heavy (non-hydrogen) atoms. The lowest BCUT2D eigenvalue weighted by Gasteiger charge is -2.45. The van der Waals surface area contributed by atoms with E-state index in [0.29, 0.717) is 6.42 Å². The second-order valence-electron chi connectivity index (χ2n) is 10.4. The van der Waals surface area contributed by atoms with Gasteiger partial charge in [0.15, 0.2) is 0 Å². The van der Waals surface area contributed by atoms with Crippen molar-refractivity contribution in [2.45, 2.75) is 50.8 Å². The molecule has 0 unspecified atom stereocenters. The predicted octanol–water partition coefficient (Wildman–Crippen LogP) is 5.10. The first-order chi connectivity index (χ1) is 17.8. The molecule has 0 aromatic heterocycles. The number of ether oxygens (including phenoxy) is 1. The first kappa shape index (κ1) is 26.6. The standard InChI is InChI=1S/C31H35NO4Si/c1-5-15-28(29(33)32-25(23-35-30(32)34)22-24-16-9-6-10-17-24)36-37(31(2,3)4,26-18-11-7-12-19-26)27-20-13-8-14-21-27/h5-14,16-21,25,28H,1,15,22-23H2,2-4H3/t25-,28+/m0/s1. The summed E-state index contributed by atoms with van der Waals surface area (Å²) >= 11 is 0. The van der Waals surface area contributed by atoms with E-state index in [0.717, 1.165) is 15.9 Å².